The van der Waals surface area contributed by atoms with Gasteiger partial charge in [0.25, 0.3) is 0 Å². The van der Waals surface area contributed by atoms with E-state index in [2.05, 4.69) is 0 Å². The van der Waals surface area contributed by atoms with Crippen molar-refractivity contribution in [3.63, 3.8) is 0 Å². The fourth-order valence-electron chi connectivity index (χ4n) is 1.80. The quantitative estimate of drug-likeness (QED) is 0.579. The monoisotopic (exact) mass is 187 g/mol. The summed E-state index contributed by atoms with van der Waals surface area (Å²) in [5, 5.41) is 17.2. The maximum absolute atomic E-state index is 10.7. The van der Waals surface area contributed by atoms with Crippen molar-refractivity contribution in [2.24, 2.45) is 11.7 Å². The lowest BCUT2D eigenvalue weighted by molar-refractivity contribution is -0.144. The Balaban J connectivity index is 2.53. The van der Waals surface area contributed by atoms with Gasteiger partial charge in [-0.15, -0.1) is 0 Å². The van der Waals surface area contributed by atoms with Crippen molar-refractivity contribution < 1.29 is 19.8 Å². The minimum Gasteiger partial charge on any atom is -0.481 e. The summed E-state index contributed by atoms with van der Waals surface area (Å²) in [4.78, 5) is 21.0. The summed E-state index contributed by atoms with van der Waals surface area (Å²) in [5.41, 5.74) is 4.38. The largest absolute Gasteiger partial charge is 0.481 e. The molecule has 1 fully saturated rings. The van der Waals surface area contributed by atoms with Gasteiger partial charge in [-0.3, -0.25) is 9.59 Å². The molecular formula is C8H13NO4. The number of hydrogen-bond acceptors (Lipinski definition) is 3. The van der Waals surface area contributed by atoms with E-state index in [0.29, 0.717) is 12.8 Å². The molecule has 0 unspecified atom stereocenters. The van der Waals surface area contributed by atoms with Gasteiger partial charge in [0.2, 0.25) is 0 Å². The van der Waals surface area contributed by atoms with E-state index in [-0.39, 0.29) is 18.8 Å². The van der Waals surface area contributed by atoms with E-state index in [0.717, 1.165) is 0 Å². The zero-order valence-corrected chi connectivity index (χ0v) is 7.19. The Hall–Kier alpha value is -1.10. The van der Waals surface area contributed by atoms with E-state index in [4.69, 9.17) is 15.9 Å². The smallest absolute Gasteiger partial charge is 0.323 e. The molecule has 0 spiro atoms. The first-order valence-corrected chi connectivity index (χ1v) is 4.18. The molecule has 5 nitrogen and oxygen atoms in total. The fourth-order valence-corrected chi connectivity index (χ4v) is 1.80. The van der Waals surface area contributed by atoms with Crippen LogP contribution in [0.15, 0.2) is 0 Å². The molecule has 0 aromatic carbocycles. The number of aliphatic carboxylic acids is 2. The summed E-state index contributed by atoms with van der Waals surface area (Å²) in [5.74, 6) is -2.00. The lowest BCUT2D eigenvalue weighted by Gasteiger charge is -2.17. The molecule has 1 rings (SSSR count). The Morgan fingerprint density at radius 3 is 2.46 bits per heavy atom. The van der Waals surface area contributed by atoms with Gasteiger partial charge in [0.1, 0.15) is 5.54 Å². The van der Waals surface area contributed by atoms with Gasteiger partial charge in [0, 0.05) is 6.42 Å². The normalized spacial score (nSPS) is 33.2. The van der Waals surface area contributed by atoms with Crippen LogP contribution in [-0.2, 0) is 9.59 Å². The van der Waals surface area contributed by atoms with Crippen LogP contribution in [0.2, 0.25) is 0 Å². The average Bonchev–Trinajstić information content (AvgIpc) is 2.32. The highest BCUT2D eigenvalue weighted by atomic mass is 16.4. The topological polar surface area (TPSA) is 101 Å². The molecule has 0 aliphatic heterocycles. The Bertz CT molecular complexity index is 240. The summed E-state index contributed by atoms with van der Waals surface area (Å²) in [7, 11) is 0. The molecule has 4 N–H and O–H groups in total. The number of nitrogens with two attached hydrogens (primary N) is 1. The van der Waals surface area contributed by atoms with Crippen LogP contribution >= 0.6 is 0 Å². The van der Waals surface area contributed by atoms with Crippen molar-refractivity contribution in [2.75, 3.05) is 0 Å². The molecule has 13 heavy (non-hydrogen) atoms. The molecule has 0 aromatic heterocycles. The third-order valence-electron chi connectivity index (χ3n) is 2.54. The highest BCUT2D eigenvalue weighted by Crippen LogP contribution is 2.34. The van der Waals surface area contributed by atoms with Crippen molar-refractivity contribution >= 4 is 11.9 Å². The number of hydrogen-bond donors (Lipinski definition) is 3. The van der Waals surface area contributed by atoms with Gasteiger partial charge in [0.15, 0.2) is 0 Å². The van der Waals surface area contributed by atoms with Gasteiger partial charge in [-0.1, -0.05) is 0 Å². The molecule has 0 heterocycles. The van der Waals surface area contributed by atoms with Crippen molar-refractivity contribution in [3.8, 4) is 0 Å². The van der Waals surface area contributed by atoms with Crippen LogP contribution in [0, 0.1) is 5.92 Å². The first-order chi connectivity index (χ1) is 5.94. The summed E-state index contributed by atoms with van der Waals surface area (Å²) in [6, 6.07) is 0. The molecule has 0 aromatic rings. The number of carbonyl (C=O) groups is 2. The van der Waals surface area contributed by atoms with Gasteiger partial charge in [0.05, 0.1) is 0 Å². The molecule has 1 aliphatic carbocycles. The van der Waals surface area contributed by atoms with E-state index < -0.39 is 17.5 Å². The highest BCUT2D eigenvalue weighted by molar-refractivity contribution is 5.79. The minimum absolute atomic E-state index is 0.0201. The summed E-state index contributed by atoms with van der Waals surface area (Å²) < 4.78 is 0. The zero-order valence-electron chi connectivity index (χ0n) is 7.19. The van der Waals surface area contributed by atoms with Gasteiger partial charge in [-0.05, 0) is 25.2 Å². The summed E-state index contributed by atoms with van der Waals surface area (Å²) in [6.45, 7) is 0. The van der Waals surface area contributed by atoms with Gasteiger partial charge in [-0.2, -0.15) is 0 Å². The van der Waals surface area contributed by atoms with Crippen LogP contribution in [0.25, 0.3) is 0 Å². The Labute approximate surface area is 75.5 Å². The van der Waals surface area contributed by atoms with Crippen molar-refractivity contribution in [2.45, 2.75) is 31.2 Å². The van der Waals surface area contributed by atoms with Crippen LogP contribution in [0.3, 0.4) is 0 Å². The Morgan fingerprint density at radius 2 is 2.08 bits per heavy atom. The maximum Gasteiger partial charge on any atom is 0.323 e. The van der Waals surface area contributed by atoms with Gasteiger partial charge in [-0.25, -0.2) is 0 Å². The van der Waals surface area contributed by atoms with E-state index in [1.807, 2.05) is 0 Å². The fraction of sp³-hybridized carbons (Fsp3) is 0.750. The molecule has 0 saturated heterocycles. The van der Waals surface area contributed by atoms with Crippen LogP contribution in [0.5, 0.6) is 0 Å². The summed E-state index contributed by atoms with van der Waals surface area (Å²) >= 11 is 0. The molecule has 74 valence electrons. The maximum atomic E-state index is 10.7. The Morgan fingerprint density at radius 1 is 1.46 bits per heavy atom. The minimum atomic E-state index is -1.19. The second-order valence-corrected chi connectivity index (χ2v) is 3.67. The lowest BCUT2D eigenvalue weighted by Crippen LogP contribution is -2.45. The standard InChI is InChI=1S/C8H13NO4/c9-8(7(12)13)2-1-5(4-8)3-6(10)11/h5H,1-4,9H2,(H,10,11)(H,12,13)/t5-,8-/m0/s1. The van der Waals surface area contributed by atoms with Crippen LogP contribution in [0.4, 0.5) is 0 Å². The van der Waals surface area contributed by atoms with Crippen molar-refractivity contribution in [1.29, 1.82) is 0 Å². The molecule has 1 saturated carbocycles. The molecule has 0 radical (unpaired) electrons. The predicted molar refractivity (Wildman–Crippen MR) is 44.1 cm³/mol. The van der Waals surface area contributed by atoms with Crippen molar-refractivity contribution in [3.05, 3.63) is 0 Å². The number of rotatable bonds is 3. The molecule has 1 aliphatic rings. The first kappa shape index (κ1) is 9.98. The van der Waals surface area contributed by atoms with Crippen molar-refractivity contribution in [1.82, 2.24) is 0 Å². The van der Waals surface area contributed by atoms with Gasteiger partial charge < -0.3 is 15.9 Å². The predicted octanol–water partition coefficient (Wildman–Crippen LogP) is 0.0433. The summed E-state index contributed by atoms with van der Waals surface area (Å²) in [6.07, 6.45) is 1.26. The van der Waals surface area contributed by atoms with Gasteiger partial charge >= 0.3 is 11.9 Å². The molecule has 0 amide bonds. The van der Waals surface area contributed by atoms with Crippen LogP contribution < -0.4 is 5.73 Å². The number of carboxylic acid groups (broad SMARTS) is 2. The lowest BCUT2D eigenvalue weighted by atomic mass is 9.96. The molecule has 2 atom stereocenters. The Kier molecular flexibility index (Phi) is 2.56. The van der Waals surface area contributed by atoms with E-state index in [1.165, 1.54) is 0 Å². The second-order valence-electron chi connectivity index (χ2n) is 3.67. The molecule has 5 heteroatoms. The zero-order chi connectivity index (χ0) is 10.1. The highest BCUT2D eigenvalue weighted by Gasteiger charge is 2.42. The first-order valence-electron chi connectivity index (χ1n) is 4.18. The number of carboxylic acids is 2. The van der Waals surface area contributed by atoms with E-state index in [9.17, 15) is 9.59 Å². The second kappa shape index (κ2) is 3.33. The molecule has 0 bridgehead atoms. The molecular weight excluding hydrogens is 174 g/mol. The van der Waals surface area contributed by atoms with Crippen LogP contribution in [0.1, 0.15) is 25.7 Å². The third-order valence-corrected chi connectivity index (χ3v) is 2.54. The van der Waals surface area contributed by atoms with Crippen LogP contribution in [-0.4, -0.2) is 27.7 Å². The third kappa shape index (κ3) is 2.18. The SMILES string of the molecule is N[C@@]1(C(=O)O)CC[C@@H](CC(=O)O)C1. The van der Waals surface area contributed by atoms with E-state index >= 15 is 0 Å². The average molecular weight is 187 g/mol. The van der Waals surface area contributed by atoms with E-state index in [1.54, 1.807) is 0 Å².